The third kappa shape index (κ3) is 3.98. The van der Waals surface area contributed by atoms with E-state index in [-0.39, 0.29) is 11.9 Å². The number of carbonyl (C=O) groups is 1. The molecule has 0 spiro atoms. The molecule has 0 aromatic heterocycles. The summed E-state index contributed by atoms with van der Waals surface area (Å²) in [6.07, 6.45) is 3.93. The van der Waals surface area contributed by atoms with Gasteiger partial charge in [0.25, 0.3) is 0 Å². The van der Waals surface area contributed by atoms with Gasteiger partial charge in [-0.25, -0.2) is 0 Å². The highest BCUT2D eigenvalue weighted by atomic mass is 32.2. The number of rotatable bonds is 5. The maximum absolute atomic E-state index is 12.2. The third-order valence-corrected chi connectivity index (χ3v) is 4.36. The summed E-state index contributed by atoms with van der Waals surface area (Å²) in [4.78, 5) is 12.2. The van der Waals surface area contributed by atoms with Crippen LogP contribution in [0, 0.1) is 5.92 Å². The Morgan fingerprint density at radius 3 is 3.05 bits per heavy atom. The van der Waals surface area contributed by atoms with Crippen molar-refractivity contribution in [2.45, 2.75) is 25.8 Å². The molecular weight excluding hydrogens is 256 g/mol. The van der Waals surface area contributed by atoms with Gasteiger partial charge in [0.05, 0.1) is 6.04 Å². The Labute approximate surface area is 119 Å². The first-order valence-electron chi connectivity index (χ1n) is 6.81. The van der Waals surface area contributed by atoms with Crippen molar-refractivity contribution in [3.05, 3.63) is 29.8 Å². The van der Waals surface area contributed by atoms with Gasteiger partial charge in [0, 0.05) is 5.69 Å². The van der Waals surface area contributed by atoms with Crippen LogP contribution in [-0.4, -0.2) is 30.5 Å². The van der Waals surface area contributed by atoms with Crippen molar-refractivity contribution in [2.75, 3.05) is 23.9 Å². The van der Waals surface area contributed by atoms with Gasteiger partial charge in [-0.05, 0) is 48.9 Å². The molecule has 0 radical (unpaired) electrons. The lowest BCUT2D eigenvalue weighted by Gasteiger charge is -2.18. The zero-order valence-electron chi connectivity index (χ0n) is 11.6. The van der Waals surface area contributed by atoms with E-state index in [9.17, 15) is 4.79 Å². The van der Waals surface area contributed by atoms with Crippen LogP contribution in [0.15, 0.2) is 24.3 Å². The van der Waals surface area contributed by atoms with E-state index in [1.807, 2.05) is 30.0 Å². The van der Waals surface area contributed by atoms with E-state index in [4.69, 9.17) is 0 Å². The van der Waals surface area contributed by atoms with Gasteiger partial charge in [-0.3, -0.25) is 4.79 Å². The molecule has 1 aliphatic heterocycles. The summed E-state index contributed by atoms with van der Waals surface area (Å²) in [5.74, 6) is 1.82. The molecule has 1 aromatic carbocycles. The van der Waals surface area contributed by atoms with Gasteiger partial charge >= 0.3 is 0 Å². The Balaban J connectivity index is 1.93. The molecule has 19 heavy (non-hydrogen) atoms. The van der Waals surface area contributed by atoms with E-state index in [1.165, 1.54) is 5.56 Å². The number of hydrogen-bond donors (Lipinski definition) is 2. The van der Waals surface area contributed by atoms with Crippen molar-refractivity contribution in [1.29, 1.82) is 0 Å². The predicted octanol–water partition coefficient (Wildman–Crippen LogP) is 2.53. The summed E-state index contributed by atoms with van der Waals surface area (Å²) in [7, 11) is 0. The third-order valence-electron chi connectivity index (χ3n) is 3.46. The van der Waals surface area contributed by atoms with Gasteiger partial charge in [0.2, 0.25) is 5.91 Å². The molecule has 3 nitrogen and oxygen atoms in total. The fraction of sp³-hybridized carbons (Fsp3) is 0.533. The van der Waals surface area contributed by atoms with Crippen LogP contribution in [0.4, 0.5) is 5.69 Å². The Morgan fingerprint density at radius 2 is 2.26 bits per heavy atom. The van der Waals surface area contributed by atoms with E-state index in [1.54, 1.807) is 0 Å². The number of aryl methyl sites for hydroxylation is 1. The number of benzene rings is 1. The minimum Gasteiger partial charge on any atom is -0.324 e. The van der Waals surface area contributed by atoms with Gasteiger partial charge in [-0.1, -0.05) is 25.1 Å². The molecule has 104 valence electrons. The smallest absolute Gasteiger partial charge is 0.241 e. The van der Waals surface area contributed by atoms with Crippen LogP contribution in [0.2, 0.25) is 0 Å². The van der Waals surface area contributed by atoms with Gasteiger partial charge < -0.3 is 10.6 Å². The van der Waals surface area contributed by atoms with Crippen LogP contribution in [0.25, 0.3) is 0 Å². The van der Waals surface area contributed by atoms with Crippen LogP contribution in [-0.2, 0) is 11.2 Å². The molecule has 1 aromatic rings. The van der Waals surface area contributed by atoms with E-state index in [0.717, 1.165) is 30.8 Å². The molecule has 1 heterocycles. The molecule has 2 N–H and O–H groups in total. The SMILES string of the molecule is CSCC(C)CNC1CCc2ccccc2NC1=O. The minimum absolute atomic E-state index is 0.0725. The van der Waals surface area contributed by atoms with Crippen molar-refractivity contribution in [3.63, 3.8) is 0 Å². The number of amides is 1. The summed E-state index contributed by atoms with van der Waals surface area (Å²) in [5.41, 5.74) is 2.20. The minimum atomic E-state index is -0.0725. The number of hydrogen-bond acceptors (Lipinski definition) is 3. The maximum Gasteiger partial charge on any atom is 0.241 e. The quantitative estimate of drug-likeness (QED) is 0.869. The molecule has 0 aliphatic carbocycles. The Morgan fingerprint density at radius 1 is 1.47 bits per heavy atom. The first-order chi connectivity index (χ1) is 9.20. The Hall–Kier alpha value is -1.00. The first kappa shape index (κ1) is 14.4. The summed E-state index contributed by atoms with van der Waals surface area (Å²) < 4.78 is 0. The molecule has 1 amide bonds. The number of para-hydroxylation sites is 1. The van der Waals surface area contributed by atoms with E-state index < -0.39 is 0 Å². The number of nitrogens with one attached hydrogen (secondary N) is 2. The van der Waals surface area contributed by atoms with E-state index >= 15 is 0 Å². The number of fused-ring (bicyclic) bond motifs is 1. The normalized spacial score (nSPS) is 20.3. The fourth-order valence-electron chi connectivity index (χ4n) is 2.39. The molecule has 2 atom stereocenters. The fourth-order valence-corrected chi connectivity index (χ4v) is 3.08. The molecule has 1 aliphatic rings. The zero-order valence-corrected chi connectivity index (χ0v) is 12.4. The maximum atomic E-state index is 12.2. The molecule has 0 bridgehead atoms. The molecule has 0 fully saturated rings. The second-order valence-corrected chi connectivity index (χ2v) is 6.12. The summed E-state index contributed by atoms with van der Waals surface area (Å²) in [6, 6.07) is 7.99. The van der Waals surface area contributed by atoms with Crippen LogP contribution in [0.1, 0.15) is 18.9 Å². The lowest BCUT2D eigenvalue weighted by atomic mass is 10.1. The highest BCUT2D eigenvalue weighted by Crippen LogP contribution is 2.21. The van der Waals surface area contributed by atoms with Gasteiger partial charge in [0.1, 0.15) is 0 Å². The number of carbonyl (C=O) groups excluding carboxylic acids is 1. The number of thioether (sulfide) groups is 1. The van der Waals surface area contributed by atoms with Crippen molar-refractivity contribution in [2.24, 2.45) is 5.92 Å². The van der Waals surface area contributed by atoms with Crippen LogP contribution < -0.4 is 10.6 Å². The van der Waals surface area contributed by atoms with E-state index in [0.29, 0.717) is 5.92 Å². The second-order valence-electron chi connectivity index (χ2n) is 5.21. The van der Waals surface area contributed by atoms with Gasteiger partial charge in [0.15, 0.2) is 0 Å². The predicted molar refractivity (Wildman–Crippen MR) is 82.7 cm³/mol. The summed E-state index contributed by atoms with van der Waals surface area (Å²) in [6.45, 7) is 3.11. The van der Waals surface area contributed by atoms with Crippen LogP contribution in [0.5, 0.6) is 0 Å². The largest absolute Gasteiger partial charge is 0.324 e. The molecule has 2 unspecified atom stereocenters. The molecular formula is C15H22N2OS. The molecule has 0 saturated heterocycles. The summed E-state index contributed by atoms with van der Waals surface area (Å²) >= 11 is 1.85. The lowest BCUT2D eigenvalue weighted by Crippen LogP contribution is -2.42. The summed E-state index contributed by atoms with van der Waals surface area (Å²) in [5, 5.41) is 6.43. The lowest BCUT2D eigenvalue weighted by molar-refractivity contribution is -0.118. The Bertz CT molecular complexity index is 436. The standard InChI is InChI=1S/C15H22N2OS/c1-11(10-19-2)9-16-14-8-7-12-5-3-4-6-13(12)17-15(14)18/h3-6,11,14,16H,7-10H2,1-2H3,(H,17,18). The van der Waals surface area contributed by atoms with Crippen LogP contribution >= 0.6 is 11.8 Å². The van der Waals surface area contributed by atoms with Gasteiger partial charge in [-0.15, -0.1) is 0 Å². The van der Waals surface area contributed by atoms with Crippen molar-refractivity contribution >= 4 is 23.4 Å². The molecule has 2 rings (SSSR count). The molecule has 4 heteroatoms. The van der Waals surface area contributed by atoms with Crippen molar-refractivity contribution in [3.8, 4) is 0 Å². The van der Waals surface area contributed by atoms with Crippen molar-refractivity contribution in [1.82, 2.24) is 5.32 Å². The van der Waals surface area contributed by atoms with Gasteiger partial charge in [-0.2, -0.15) is 11.8 Å². The monoisotopic (exact) mass is 278 g/mol. The van der Waals surface area contributed by atoms with Crippen LogP contribution in [0.3, 0.4) is 0 Å². The highest BCUT2D eigenvalue weighted by Gasteiger charge is 2.23. The van der Waals surface area contributed by atoms with E-state index in [2.05, 4.69) is 29.9 Å². The highest BCUT2D eigenvalue weighted by molar-refractivity contribution is 7.98. The molecule has 0 saturated carbocycles. The first-order valence-corrected chi connectivity index (χ1v) is 8.21. The average molecular weight is 278 g/mol. The topological polar surface area (TPSA) is 41.1 Å². The van der Waals surface area contributed by atoms with Crippen molar-refractivity contribution < 1.29 is 4.79 Å². The average Bonchev–Trinajstić information content (AvgIpc) is 2.55. The second kappa shape index (κ2) is 6.96. The number of anilines is 1. The zero-order chi connectivity index (χ0) is 13.7. The Kier molecular flexibility index (Phi) is 5.28.